The van der Waals surface area contributed by atoms with Crippen LogP contribution in [0.5, 0.6) is 11.5 Å². The molecule has 3 nitrogen and oxygen atoms in total. The van der Waals surface area contributed by atoms with Crippen molar-refractivity contribution in [2.75, 3.05) is 6.61 Å². The first-order valence-corrected chi connectivity index (χ1v) is 6.70. The van der Waals surface area contributed by atoms with E-state index in [0.717, 1.165) is 11.8 Å². The molecule has 2 rings (SSSR count). The van der Waals surface area contributed by atoms with Crippen LogP contribution in [-0.4, -0.2) is 12.9 Å². The number of aldehydes is 1. The van der Waals surface area contributed by atoms with Gasteiger partial charge in [-0.2, -0.15) is 0 Å². The van der Waals surface area contributed by atoms with E-state index in [-0.39, 0.29) is 0 Å². The maximum Gasteiger partial charge on any atom is 0.161 e. The summed E-state index contributed by atoms with van der Waals surface area (Å²) in [5, 5.41) is 0.662. The molecule has 0 bridgehead atoms. The van der Waals surface area contributed by atoms with E-state index >= 15 is 0 Å². The van der Waals surface area contributed by atoms with E-state index in [0.29, 0.717) is 35.3 Å². The van der Waals surface area contributed by atoms with Gasteiger partial charge in [0.2, 0.25) is 0 Å². The van der Waals surface area contributed by atoms with Crippen molar-refractivity contribution in [2.24, 2.45) is 0 Å². The summed E-state index contributed by atoms with van der Waals surface area (Å²) in [7, 11) is 0. The minimum absolute atomic E-state index is 0.347. The molecular weight excluding hydrogens is 276 g/mol. The van der Waals surface area contributed by atoms with Crippen LogP contribution < -0.4 is 9.47 Å². The molecule has 0 spiro atoms. The summed E-state index contributed by atoms with van der Waals surface area (Å²) in [5.41, 5.74) is 1.45. The van der Waals surface area contributed by atoms with Crippen LogP contribution in [0.25, 0.3) is 0 Å². The fourth-order valence-corrected chi connectivity index (χ4v) is 1.95. The molecule has 0 amide bonds. The Balaban J connectivity index is 2.16. The van der Waals surface area contributed by atoms with Gasteiger partial charge in [-0.3, -0.25) is 4.79 Å². The number of rotatable bonds is 6. The van der Waals surface area contributed by atoms with Crippen LogP contribution in [0.3, 0.4) is 0 Å². The van der Waals surface area contributed by atoms with Crippen molar-refractivity contribution in [1.29, 1.82) is 0 Å². The van der Waals surface area contributed by atoms with Crippen LogP contribution in [0, 0.1) is 0 Å². The van der Waals surface area contributed by atoms with Gasteiger partial charge >= 0.3 is 0 Å². The normalized spacial score (nSPS) is 10.1. The summed E-state index contributed by atoms with van der Waals surface area (Å²) in [4.78, 5) is 10.8. The molecule has 2 aromatic carbocycles. The van der Waals surface area contributed by atoms with E-state index in [1.807, 2.05) is 31.2 Å². The number of hydrogen-bond acceptors (Lipinski definition) is 3. The van der Waals surface area contributed by atoms with Gasteiger partial charge in [0.05, 0.1) is 6.61 Å². The first kappa shape index (κ1) is 14.4. The van der Waals surface area contributed by atoms with Crippen LogP contribution in [-0.2, 0) is 6.61 Å². The molecule has 0 aliphatic rings. The van der Waals surface area contributed by atoms with Crippen molar-refractivity contribution < 1.29 is 14.3 Å². The van der Waals surface area contributed by atoms with E-state index in [2.05, 4.69) is 0 Å². The van der Waals surface area contributed by atoms with Gasteiger partial charge in [0.1, 0.15) is 12.9 Å². The van der Waals surface area contributed by atoms with E-state index in [1.165, 1.54) is 0 Å². The van der Waals surface area contributed by atoms with Crippen LogP contribution in [0.2, 0.25) is 5.02 Å². The highest BCUT2D eigenvalue weighted by Gasteiger charge is 2.07. The molecule has 20 heavy (non-hydrogen) atoms. The van der Waals surface area contributed by atoms with E-state index in [9.17, 15) is 4.79 Å². The lowest BCUT2D eigenvalue weighted by atomic mass is 10.2. The molecule has 0 aliphatic carbocycles. The molecule has 0 atom stereocenters. The van der Waals surface area contributed by atoms with E-state index < -0.39 is 0 Å². The van der Waals surface area contributed by atoms with Crippen LogP contribution >= 0.6 is 11.6 Å². The first-order valence-electron chi connectivity index (χ1n) is 6.33. The third-order valence-corrected chi connectivity index (χ3v) is 3.11. The van der Waals surface area contributed by atoms with E-state index in [4.69, 9.17) is 21.1 Å². The zero-order valence-electron chi connectivity index (χ0n) is 11.1. The molecule has 2 aromatic rings. The van der Waals surface area contributed by atoms with Crippen LogP contribution in [0.4, 0.5) is 0 Å². The number of carbonyl (C=O) groups is 1. The van der Waals surface area contributed by atoms with Gasteiger partial charge in [0, 0.05) is 16.1 Å². The SMILES string of the molecule is CCOc1cc(C=O)ccc1OCc1ccccc1Cl. The molecule has 0 heterocycles. The Hall–Kier alpha value is -2.00. The molecule has 0 saturated carbocycles. The van der Waals surface area contributed by atoms with Crippen molar-refractivity contribution in [3.05, 3.63) is 58.6 Å². The lowest BCUT2D eigenvalue weighted by Crippen LogP contribution is -2.00. The maximum absolute atomic E-state index is 10.8. The molecule has 104 valence electrons. The van der Waals surface area contributed by atoms with Crippen LogP contribution in [0.1, 0.15) is 22.8 Å². The largest absolute Gasteiger partial charge is 0.490 e. The van der Waals surface area contributed by atoms with E-state index in [1.54, 1.807) is 18.2 Å². The molecule has 0 aromatic heterocycles. The van der Waals surface area contributed by atoms with Crippen molar-refractivity contribution in [2.45, 2.75) is 13.5 Å². The lowest BCUT2D eigenvalue weighted by molar-refractivity contribution is 0.112. The first-order chi connectivity index (χ1) is 9.74. The highest BCUT2D eigenvalue weighted by atomic mass is 35.5. The molecule has 0 unspecified atom stereocenters. The smallest absolute Gasteiger partial charge is 0.161 e. The predicted molar refractivity (Wildman–Crippen MR) is 78.8 cm³/mol. The maximum atomic E-state index is 10.8. The second-order valence-corrected chi connectivity index (χ2v) is 4.54. The number of ether oxygens (including phenoxy) is 2. The molecule has 0 aliphatic heterocycles. The summed E-state index contributed by atoms with van der Waals surface area (Å²) in [6, 6.07) is 12.6. The number of benzene rings is 2. The Morgan fingerprint density at radius 3 is 2.60 bits per heavy atom. The second-order valence-electron chi connectivity index (χ2n) is 4.14. The van der Waals surface area contributed by atoms with Gasteiger partial charge in [-0.1, -0.05) is 29.8 Å². The van der Waals surface area contributed by atoms with Gasteiger partial charge in [-0.05, 0) is 31.2 Å². The molecule has 4 heteroatoms. The van der Waals surface area contributed by atoms with Gasteiger partial charge in [0.15, 0.2) is 11.5 Å². The van der Waals surface area contributed by atoms with Gasteiger partial charge in [-0.15, -0.1) is 0 Å². The quantitative estimate of drug-likeness (QED) is 0.750. The highest BCUT2D eigenvalue weighted by Crippen LogP contribution is 2.29. The average Bonchev–Trinajstić information content (AvgIpc) is 2.47. The van der Waals surface area contributed by atoms with Crippen LogP contribution in [0.15, 0.2) is 42.5 Å². The minimum atomic E-state index is 0.347. The third kappa shape index (κ3) is 3.52. The van der Waals surface area contributed by atoms with Gasteiger partial charge < -0.3 is 9.47 Å². The average molecular weight is 291 g/mol. The zero-order valence-corrected chi connectivity index (χ0v) is 11.9. The number of carbonyl (C=O) groups excluding carboxylic acids is 1. The fourth-order valence-electron chi connectivity index (χ4n) is 1.76. The predicted octanol–water partition coefficient (Wildman–Crippen LogP) is 4.13. The van der Waals surface area contributed by atoms with Gasteiger partial charge in [-0.25, -0.2) is 0 Å². The van der Waals surface area contributed by atoms with Crippen molar-refractivity contribution in [3.8, 4) is 11.5 Å². The molecule has 0 radical (unpaired) electrons. The van der Waals surface area contributed by atoms with Crippen molar-refractivity contribution in [3.63, 3.8) is 0 Å². The summed E-state index contributed by atoms with van der Waals surface area (Å²) in [6.45, 7) is 2.73. The Bertz CT molecular complexity index is 596. The molecule has 0 N–H and O–H groups in total. The lowest BCUT2D eigenvalue weighted by Gasteiger charge is -2.13. The van der Waals surface area contributed by atoms with Crippen molar-refractivity contribution in [1.82, 2.24) is 0 Å². The Morgan fingerprint density at radius 1 is 1.10 bits per heavy atom. The van der Waals surface area contributed by atoms with Gasteiger partial charge in [0.25, 0.3) is 0 Å². The zero-order chi connectivity index (χ0) is 14.4. The molecular formula is C16H15ClO3. The standard InChI is InChI=1S/C16H15ClO3/c1-2-19-16-9-12(10-18)7-8-15(16)20-11-13-5-3-4-6-14(13)17/h3-10H,2,11H2,1H3. The summed E-state index contributed by atoms with van der Waals surface area (Å²) >= 11 is 6.08. The summed E-state index contributed by atoms with van der Waals surface area (Å²) < 4.78 is 11.2. The molecule has 0 fully saturated rings. The Morgan fingerprint density at radius 2 is 1.90 bits per heavy atom. The molecule has 0 saturated heterocycles. The number of hydrogen-bond donors (Lipinski definition) is 0. The summed E-state index contributed by atoms with van der Waals surface area (Å²) in [5.74, 6) is 1.15. The topological polar surface area (TPSA) is 35.5 Å². The minimum Gasteiger partial charge on any atom is -0.490 e. The Kier molecular flexibility index (Phi) is 5.02. The van der Waals surface area contributed by atoms with Crippen molar-refractivity contribution >= 4 is 17.9 Å². The number of halogens is 1. The highest BCUT2D eigenvalue weighted by molar-refractivity contribution is 6.31. The third-order valence-electron chi connectivity index (χ3n) is 2.74. The Labute approximate surface area is 123 Å². The monoisotopic (exact) mass is 290 g/mol. The fraction of sp³-hybridized carbons (Fsp3) is 0.188. The second kappa shape index (κ2) is 6.96. The summed E-state index contributed by atoms with van der Waals surface area (Å²) in [6.07, 6.45) is 0.778.